The minimum atomic E-state index is -4.17. The minimum absolute atomic E-state index is 0.0883. The van der Waals surface area contributed by atoms with Crippen molar-refractivity contribution in [3.63, 3.8) is 0 Å². The van der Waals surface area contributed by atoms with Crippen molar-refractivity contribution in [3.05, 3.63) is 63.8 Å². The topological polar surface area (TPSA) is 111 Å². The Morgan fingerprint density at radius 2 is 1.87 bits per heavy atom. The maximum atomic E-state index is 12.8. The number of carbonyl (C=O) groups excluding carboxylic acids is 1. The van der Waals surface area contributed by atoms with Gasteiger partial charge in [0.15, 0.2) is 0 Å². The molecule has 1 amide bonds. The van der Waals surface area contributed by atoms with Gasteiger partial charge in [-0.05, 0) is 45.0 Å². The van der Waals surface area contributed by atoms with Crippen LogP contribution in [0, 0.1) is 6.92 Å². The first-order valence-electron chi connectivity index (χ1n) is 9.22. The molecule has 3 aromatic rings. The van der Waals surface area contributed by atoms with Crippen molar-refractivity contribution < 1.29 is 17.9 Å². The highest BCUT2D eigenvalue weighted by Crippen LogP contribution is 2.33. The summed E-state index contributed by atoms with van der Waals surface area (Å²) in [4.78, 5) is 15.8. The first-order valence-corrected chi connectivity index (χ1v) is 11.5. The van der Waals surface area contributed by atoms with Crippen LogP contribution in [0.4, 0.5) is 0 Å². The van der Waals surface area contributed by atoms with Crippen LogP contribution in [-0.2, 0) is 21.4 Å². The van der Waals surface area contributed by atoms with E-state index in [9.17, 15) is 13.2 Å². The number of aryl methyl sites for hydroxylation is 1. The molecule has 0 atom stereocenters. The van der Waals surface area contributed by atoms with E-state index < -0.39 is 21.5 Å². The molecular weight excluding hydrogens is 461 g/mol. The van der Waals surface area contributed by atoms with Gasteiger partial charge in [0.1, 0.15) is 28.3 Å². The molecule has 7 nitrogen and oxygen atoms in total. The van der Waals surface area contributed by atoms with Crippen LogP contribution in [-0.4, -0.2) is 24.8 Å². The van der Waals surface area contributed by atoms with Gasteiger partial charge in [-0.1, -0.05) is 41.4 Å². The maximum Gasteiger partial charge on any atom is 0.243 e. The summed E-state index contributed by atoms with van der Waals surface area (Å²) in [6.45, 7) is 4.50. The van der Waals surface area contributed by atoms with Crippen LogP contribution in [0.2, 0.25) is 10.0 Å². The molecular formula is C21H21Cl2N3O4S. The monoisotopic (exact) mass is 481 g/mol. The van der Waals surface area contributed by atoms with E-state index in [1.54, 1.807) is 6.07 Å². The van der Waals surface area contributed by atoms with Crippen LogP contribution in [0.1, 0.15) is 25.1 Å². The zero-order chi connectivity index (χ0) is 23.0. The molecule has 0 aliphatic carbocycles. The summed E-state index contributed by atoms with van der Waals surface area (Å²) in [5.41, 5.74) is 5.55. The van der Waals surface area contributed by atoms with Gasteiger partial charge in [-0.3, -0.25) is 4.79 Å². The highest BCUT2D eigenvalue weighted by Gasteiger charge is 2.33. The van der Waals surface area contributed by atoms with Crippen LogP contribution in [0.3, 0.4) is 0 Å². The quantitative estimate of drug-likeness (QED) is 0.530. The van der Waals surface area contributed by atoms with Crippen molar-refractivity contribution in [2.24, 2.45) is 5.73 Å². The van der Waals surface area contributed by atoms with Crippen LogP contribution in [0.15, 0.2) is 47.4 Å². The van der Waals surface area contributed by atoms with E-state index >= 15 is 0 Å². The molecule has 1 aromatic heterocycles. The third-order valence-corrected chi connectivity index (χ3v) is 7.24. The van der Waals surface area contributed by atoms with Gasteiger partial charge in [0.2, 0.25) is 15.9 Å². The van der Waals surface area contributed by atoms with Crippen molar-refractivity contribution >= 4 is 50.0 Å². The number of halogens is 2. The number of nitrogens with zero attached hydrogens (tertiary/aromatic N) is 1. The second-order valence-electron chi connectivity index (χ2n) is 7.50. The molecule has 0 saturated carbocycles. The van der Waals surface area contributed by atoms with E-state index in [2.05, 4.69) is 9.71 Å². The number of aromatic nitrogens is 1. The van der Waals surface area contributed by atoms with Crippen LogP contribution in [0.5, 0.6) is 5.75 Å². The third kappa shape index (κ3) is 4.93. The summed E-state index contributed by atoms with van der Waals surface area (Å²) in [5, 5.41) is 1.03. The standard InChI is InChI=1S/C21H21Cl2N3O4S/c1-12-7-8-13-5-4-6-16(19(13)25-12)30-11-14-15(22)9-10-17(18(14)23)31(28,29)26-21(2,3)20(24)27/h4-10,26H,11H2,1-3H3,(H2,24,27). The number of hydrogen-bond acceptors (Lipinski definition) is 5. The largest absolute Gasteiger partial charge is 0.487 e. The Morgan fingerprint density at radius 1 is 1.16 bits per heavy atom. The molecule has 0 radical (unpaired) electrons. The number of nitrogens with two attached hydrogens (primary N) is 1. The summed E-state index contributed by atoms with van der Waals surface area (Å²) in [5.74, 6) is -0.321. The summed E-state index contributed by atoms with van der Waals surface area (Å²) in [7, 11) is -4.17. The lowest BCUT2D eigenvalue weighted by Gasteiger charge is -2.23. The summed E-state index contributed by atoms with van der Waals surface area (Å²) < 4.78 is 33.8. The molecule has 2 aromatic carbocycles. The number of para-hydroxylation sites is 1. The Bertz CT molecular complexity index is 1280. The fraction of sp³-hybridized carbons (Fsp3) is 0.238. The zero-order valence-corrected chi connectivity index (χ0v) is 19.4. The Kier molecular flexibility index (Phi) is 6.48. The van der Waals surface area contributed by atoms with E-state index in [1.165, 1.54) is 26.0 Å². The number of amides is 1. The van der Waals surface area contributed by atoms with Gasteiger partial charge >= 0.3 is 0 Å². The molecule has 0 spiro atoms. The smallest absolute Gasteiger partial charge is 0.243 e. The predicted octanol–water partition coefficient (Wildman–Crippen LogP) is 3.97. The Labute approximate surface area is 190 Å². The first kappa shape index (κ1) is 23.3. The van der Waals surface area contributed by atoms with Gasteiger partial charge in [0, 0.05) is 21.7 Å². The van der Waals surface area contributed by atoms with E-state index in [0.717, 1.165) is 11.1 Å². The van der Waals surface area contributed by atoms with Gasteiger partial charge in [-0.2, -0.15) is 4.72 Å². The van der Waals surface area contributed by atoms with Gasteiger partial charge in [-0.25, -0.2) is 13.4 Å². The van der Waals surface area contributed by atoms with Gasteiger partial charge < -0.3 is 10.5 Å². The molecule has 0 bridgehead atoms. The fourth-order valence-corrected chi connectivity index (χ4v) is 5.11. The highest BCUT2D eigenvalue weighted by molar-refractivity contribution is 7.89. The molecule has 31 heavy (non-hydrogen) atoms. The predicted molar refractivity (Wildman–Crippen MR) is 121 cm³/mol. The van der Waals surface area contributed by atoms with Crippen molar-refractivity contribution in [2.45, 2.75) is 37.8 Å². The highest BCUT2D eigenvalue weighted by atomic mass is 35.5. The lowest BCUT2D eigenvalue weighted by molar-refractivity contribution is -0.122. The summed E-state index contributed by atoms with van der Waals surface area (Å²) in [6, 6.07) is 12.0. The Morgan fingerprint density at radius 3 is 2.55 bits per heavy atom. The number of rotatable bonds is 7. The molecule has 0 unspecified atom stereocenters. The molecule has 0 aliphatic rings. The van der Waals surface area contributed by atoms with Crippen molar-refractivity contribution in [1.29, 1.82) is 0 Å². The number of ether oxygens (including phenoxy) is 1. The second kappa shape index (κ2) is 8.63. The average molecular weight is 482 g/mol. The first-order chi connectivity index (χ1) is 14.4. The number of primary amides is 1. The average Bonchev–Trinajstić information content (AvgIpc) is 2.66. The van der Waals surface area contributed by atoms with Crippen LogP contribution in [0.25, 0.3) is 10.9 Å². The zero-order valence-electron chi connectivity index (χ0n) is 17.1. The van der Waals surface area contributed by atoms with E-state index in [-0.39, 0.29) is 27.1 Å². The lowest BCUT2D eigenvalue weighted by Crippen LogP contribution is -2.52. The van der Waals surface area contributed by atoms with E-state index in [1.807, 2.05) is 31.2 Å². The molecule has 164 valence electrons. The van der Waals surface area contributed by atoms with Crippen LogP contribution < -0.4 is 15.2 Å². The number of nitrogens with one attached hydrogen (secondary N) is 1. The molecule has 0 saturated heterocycles. The number of benzene rings is 2. The Hall–Kier alpha value is -2.39. The molecule has 0 aliphatic heterocycles. The SMILES string of the molecule is Cc1ccc2cccc(OCc3c(Cl)ccc(S(=O)(=O)NC(C)(C)C(N)=O)c3Cl)c2n1. The number of hydrogen-bond donors (Lipinski definition) is 2. The van der Waals surface area contributed by atoms with Gasteiger partial charge in [0.25, 0.3) is 0 Å². The van der Waals surface area contributed by atoms with Crippen LogP contribution >= 0.6 is 23.2 Å². The van der Waals surface area contributed by atoms with Gasteiger partial charge in [-0.15, -0.1) is 0 Å². The number of fused-ring (bicyclic) bond motifs is 1. The molecule has 3 rings (SSSR count). The molecule has 0 fully saturated rings. The fourth-order valence-electron chi connectivity index (χ4n) is 2.84. The van der Waals surface area contributed by atoms with Gasteiger partial charge in [0.05, 0.1) is 5.02 Å². The summed E-state index contributed by atoms with van der Waals surface area (Å²) >= 11 is 12.7. The minimum Gasteiger partial charge on any atom is -0.487 e. The van der Waals surface area contributed by atoms with Crippen molar-refractivity contribution in [3.8, 4) is 5.75 Å². The number of sulfonamides is 1. The number of carbonyl (C=O) groups is 1. The van der Waals surface area contributed by atoms with Crippen molar-refractivity contribution in [1.82, 2.24) is 9.71 Å². The summed E-state index contributed by atoms with van der Waals surface area (Å²) in [6.07, 6.45) is 0. The van der Waals surface area contributed by atoms with E-state index in [0.29, 0.717) is 11.3 Å². The third-order valence-electron chi connectivity index (χ3n) is 4.64. The number of pyridine rings is 1. The molecule has 10 heteroatoms. The van der Waals surface area contributed by atoms with Crippen molar-refractivity contribution in [2.75, 3.05) is 0 Å². The van der Waals surface area contributed by atoms with E-state index in [4.69, 9.17) is 33.7 Å². The molecule has 1 heterocycles. The second-order valence-corrected chi connectivity index (χ2v) is 9.94. The normalized spacial score (nSPS) is 12.2. The lowest BCUT2D eigenvalue weighted by atomic mass is 10.1. The molecule has 3 N–H and O–H groups in total. The Balaban J connectivity index is 1.95. The maximum absolute atomic E-state index is 12.8.